The van der Waals surface area contributed by atoms with Crippen molar-refractivity contribution >= 4 is 16.8 Å². The van der Waals surface area contributed by atoms with Crippen LogP contribution >= 0.6 is 0 Å². The van der Waals surface area contributed by atoms with Gasteiger partial charge in [-0.05, 0) is 31.2 Å². The summed E-state index contributed by atoms with van der Waals surface area (Å²) in [6.45, 7) is 1.85. The van der Waals surface area contributed by atoms with Gasteiger partial charge in [0, 0.05) is 23.3 Å². The van der Waals surface area contributed by atoms with Crippen molar-refractivity contribution in [1.29, 1.82) is 0 Å². The molecule has 0 spiro atoms. The first kappa shape index (κ1) is 15.9. The Morgan fingerprint density at radius 2 is 1.96 bits per heavy atom. The van der Waals surface area contributed by atoms with Crippen molar-refractivity contribution < 1.29 is 4.79 Å². The van der Waals surface area contributed by atoms with Gasteiger partial charge in [0.05, 0.1) is 22.8 Å². The smallest absolute Gasteiger partial charge is 0.252 e. The predicted octanol–water partition coefficient (Wildman–Crippen LogP) is 2.91. The molecule has 0 saturated heterocycles. The quantitative estimate of drug-likeness (QED) is 0.593. The number of hydrogen-bond acceptors (Lipinski definition) is 5. The summed E-state index contributed by atoms with van der Waals surface area (Å²) in [5.41, 5.74) is 2.96. The maximum atomic E-state index is 12.9. The summed E-state index contributed by atoms with van der Waals surface area (Å²) in [4.78, 5) is 25.7. The van der Waals surface area contributed by atoms with Gasteiger partial charge in [0.25, 0.3) is 5.91 Å². The number of fused-ring (bicyclic) bond motifs is 1. The molecule has 4 rings (SSSR count). The van der Waals surface area contributed by atoms with E-state index < -0.39 is 0 Å². The van der Waals surface area contributed by atoms with Crippen molar-refractivity contribution in [1.82, 2.24) is 30.5 Å². The average Bonchev–Trinajstić information content (AvgIpc) is 3.23. The highest BCUT2D eigenvalue weighted by molar-refractivity contribution is 6.07. The second-order valence-corrected chi connectivity index (χ2v) is 5.87. The number of para-hydroxylation sites is 1. The van der Waals surface area contributed by atoms with E-state index >= 15 is 0 Å². The maximum Gasteiger partial charge on any atom is 0.252 e. The minimum absolute atomic E-state index is 0.192. The molecule has 3 heterocycles. The number of H-pyrrole nitrogens is 1. The highest BCUT2D eigenvalue weighted by Gasteiger charge is 2.17. The lowest BCUT2D eigenvalue weighted by atomic mass is 10.0. The number of aromatic nitrogens is 5. The fraction of sp³-hybridized carbons (Fsp3) is 0.105. The molecular formula is C19H16N6O. The molecule has 0 aliphatic heterocycles. The molecule has 26 heavy (non-hydrogen) atoms. The summed E-state index contributed by atoms with van der Waals surface area (Å²) in [6, 6.07) is 12.9. The summed E-state index contributed by atoms with van der Waals surface area (Å²) in [5.74, 6) is 0.411. The molecule has 0 bridgehead atoms. The lowest BCUT2D eigenvalue weighted by Crippen LogP contribution is -2.27. The molecule has 0 fully saturated rings. The van der Waals surface area contributed by atoms with Crippen molar-refractivity contribution in [3.63, 3.8) is 0 Å². The van der Waals surface area contributed by atoms with E-state index in [0.717, 1.165) is 22.2 Å². The molecule has 0 unspecified atom stereocenters. The minimum Gasteiger partial charge on any atom is -0.342 e. The average molecular weight is 344 g/mol. The summed E-state index contributed by atoms with van der Waals surface area (Å²) >= 11 is 0. The molecule has 7 nitrogen and oxygen atoms in total. The third-order valence-electron chi connectivity index (χ3n) is 4.13. The van der Waals surface area contributed by atoms with Gasteiger partial charge in [0.2, 0.25) is 0 Å². The Morgan fingerprint density at radius 1 is 1.15 bits per heavy atom. The van der Waals surface area contributed by atoms with E-state index in [0.29, 0.717) is 11.4 Å². The molecule has 7 heteroatoms. The predicted molar refractivity (Wildman–Crippen MR) is 97.2 cm³/mol. The maximum absolute atomic E-state index is 12.9. The van der Waals surface area contributed by atoms with Gasteiger partial charge in [0.15, 0.2) is 0 Å². The van der Waals surface area contributed by atoms with Crippen molar-refractivity contribution in [3.8, 4) is 11.3 Å². The molecular weight excluding hydrogens is 328 g/mol. The monoisotopic (exact) mass is 344 g/mol. The first-order valence-corrected chi connectivity index (χ1v) is 8.18. The second kappa shape index (κ2) is 6.72. The van der Waals surface area contributed by atoms with Crippen molar-refractivity contribution in [3.05, 3.63) is 72.6 Å². The van der Waals surface area contributed by atoms with Crippen LogP contribution in [-0.4, -0.2) is 31.1 Å². The van der Waals surface area contributed by atoms with E-state index in [4.69, 9.17) is 0 Å². The van der Waals surface area contributed by atoms with Crippen LogP contribution in [0, 0.1) is 0 Å². The summed E-state index contributed by atoms with van der Waals surface area (Å²) in [6.07, 6.45) is 4.83. The lowest BCUT2D eigenvalue weighted by Gasteiger charge is -2.14. The fourth-order valence-corrected chi connectivity index (χ4v) is 2.80. The van der Waals surface area contributed by atoms with Crippen molar-refractivity contribution in [2.24, 2.45) is 0 Å². The van der Waals surface area contributed by atoms with Crippen LogP contribution in [0.2, 0.25) is 0 Å². The van der Waals surface area contributed by atoms with E-state index in [9.17, 15) is 4.79 Å². The van der Waals surface area contributed by atoms with Crippen LogP contribution in [0.15, 0.2) is 61.2 Å². The van der Waals surface area contributed by atoms with E-state index in [1.54, 1.807) is 18.5 Å². The zero-order valence-corrected chi connectivity index (χ0v) is 14.0. The Morgan fingerprint density at radius 3 is 2.73 bits per heavy atom. The summed E-state index contributed by atoms with van der Waals surface area (Å²) in [7, 11) is 0. The highest BCUT2D eigenvalue weighted by atomic mass is 16.1. The Balaban J connectivity index is 1.76. The van der Waals surface area contributed by atoms with Crippen LogP contribution in [0.4, 0.5) is 0 Å². The van der Waals surface area contributed by atoms with Crippen LogP contribution in [0.3, 0.4) is 0 Å². The molecule has 0 aliphatic carbocycles. The van der Waals surface area contributed by atoms with Gasteiger partial charge in [-0.3, -0.25) is 14.9 Å². The van der Waals surface area contributed by atoms with Gasteiger partial charge >= 0.3 is 0 Å². The fourth-order valence-electron chi connectivity index (χ4n) is 2.80. The normalized spacial score (nSPS) is 12.0. The van der Waals surface area contributed by atoms with Crippen molar-refractivity contribution in [2.45, 2.75) is 13.0 Å². The van der Waals surface area contributed by atoms with Gasteiger partial charge in [-0.1, -0.05) is 18.2 Å². The molecule has 3 aromatic heterocycles. The van der Waals surface area contributed by atoms with Crippen LogP contribution in [0.5, 0.6) is 0 Å². The lowest BCUT2D eigenvalue weighted by molar-refractivity contribution is 0.0940. The highest BCUT2D eigenvalue weighted by Crippen LogP contribution is 2.25. The van der Waals surface area contributed by atoms with Crippen molar-refractivity contribution in [2.75, 3.05) is 0 Å². The second-order valence-electron chi connectivity index (χ2n) is 5.87. The van der Waals surface area contributed by atoms with Gasteiger partial charge in [-0.15, -0.1) is 0 Å². The number of aromatic amines is 1. The van der Waals surface area contributed by atoms with Crippen LogP contribution in [0.1, 0.15) is 29.1 Å². The molecule has 2 N–H and O–H groups in total. The molecule has 4 aromatic rings. The largest absolute Gasteiger partial charge is 0.342 e. The minimum atomic E-state index is -0.290. The molecule has 0 aliphatic rings. The number of carbonyl (C=O) groups excluding carboxylic acids is 1. The number of hydrogen-bond donors (Lipinski definition) is 2. The zero-order valence-electron chi connectivity index (χ0n) is 14.0. The number of pyridine rings is 2. The Labute approximate surface area is 149 Å². The standard InChI is InChI=1S/C19H16N6O/c1-12(18-21-11-22-25-18)23-19(26)15-10-17(13-6-8-20-9-7-13)24-16-5-3-2-4-14(15)16/h2-12H,1H3,(H,23,26)(H,21,22,25)/t12-/m1/s1. The Bertz CT molecular complexity index is 1050. The van der Waals surface area contributed by atoms with E-state index in [1.807, 2.05) is 43.3 Å². The van der Waals surface area contributed by atoms with Gasteiger partial charge in [0.1, 0.15) is 12.2 Å². The molecule has 0 saturated carbocycles. The topological polar surface area (TPSA) is 96.5 Å². The van der Waals surface area contributed by atoms with Crippen LogP contribution < -0.4 is 5.32 Å². The number of amides is 1. The van der Waals surface area contributed by atoms with Crippen LogP contribution in [0.25, 0.3) is 22.2 Å². The number of benzene rings is 1. The van der Waals surface area contributed by atoms with Gasteiger partial charge in [-0.2, -0.15) is 5.10 Å². The molecule has 1 amide bonds. The zero-order chi connectivity index (χ0) is 17.9. The number of rotatable bonds is 4. The van der Waals surface area contributed by atoms with E-state index in [2.05, 4.69) is 30.5 Å². The number of carbonyl (C=O) groups is 1. The molecule has 0 radical (unpaired) electrons. The van der Waals surface area contributed by atoms with Gasteiger partial charge < -0.3 is 5.32 Å². The first-order chi connectivity index (χ1) is 12.7. The Kier molecular flexibility index (Phi) is 4.10. The van der Waals surface area contributed by atoms with E-state index in [1.165, 1.54) is 6.33 Å². The summed E-state index contributed by atoms with van der Waals surface area (Å²) in [5, 5.41) is 10.4. The third kappa shape index (κ3) is 3.02. The molecule has 1 atom stereocenters. The van der Waals surface area contributed by atoms with E-state index in [-0.39, 0.29) is 11.9 Å². The number of nitrogens with one attached hydrogen (secondary N) is 2. The van der Waals surface area contributed by atoms with Gasteiger partial charge in [-0.25, -0.2) is 9.97 Å². The third-order valence-corrected chi connectivity index (χ3v) is 4.13. The number of nitrogens with zero attached hydrogens (tertiary/aromatic N) is 4. The molecule has 1 aromatic carbocycles. The Hall–Kier alpha value is -3.61. The molecule has 128 valence electrons. The SMILES string of the molecule is C[C@@H](NC(=O)c1cc(-c2ccncc2)nc2ccccc12)c1ncn[nH]1. The van der Waals surface area contributed by atoms with Crippen LogP contribution in [-0.2, 0) is 0 Å². The first-order valence-electron chi connectivity index (χ1n) is 8.18. The summed E-state index contributed by atoms with van der Waals surface area (Å²) < 4.78 is 0.